The number of nitrogens with one attached hydrogen (secondary N) is 1. The maximum atomic E-state index is 13.5. The predicted molar refractivity (Wildman–Crippen MR) is 149 cm³/mol. The number of tetrazole rings is 1. The summed E-state index contributed by atoms with van der Waals surface area (Å²) in [5.41, 5.74) is 5.26. The van der Waals surface area contributed by atoms with Gasteiger partial charge in [-0.2, -0.15) is 5.21 Å². The molecule has 0 bridgehead atoms. The fourth-order valence-electron chi connectivity index (χ4n) is 4.50. The number of H-pyrrole nitrogens is 1. The molecule has 0 aliphatic carbocycles. The van der Waals surface area contributed by atoms with Crippen molar-refractivity contribution in [3.63, 3.8) is 0 Å². The lowest BCUT2D eigenvalue weighted by molar-refractivity contribution is 0.0469. The number of unbranched alkanes of at least 4 members (excludes halogenated alkanes) is 1. The summed E-state index contributed by atoms with van der Waals surface area (Å²) in [5.74, 6) is -0.0918. The van der Waals surface area contributed by atoms with Gasteiger partial charge in [0.05, 0.1) is 6.54 Å². The largest absolute Gasteiger partial charge is 0.457 e. The van der Waals surface area contributed by atoms with Crippen LogP contribution in [0.2, 0.25) is 0 Å². The first kappa shape index (κ1) is 25.8. The van der Waals surface area contributed by atoms with Crippen LogP contribution in [0.1, 0.15) is 46.9 Å². The fraction of sp³-hybridized carbons (Fsp3) is 0.194. The normalized spacial score (nSPS) is 10.9. The van der Waals surface area contributed by atoms with Crippen LogP contribution in [0, 0.1) is 0 Å². The number of benzene rings is 3. The molecule has 0 radical (unpaired) electrons. The van der Waals surface area contributed by atoms with Gasteiger partial charge in [-0.25, -0.2) is 4.79 Å². The molecule has 8 heteroatoms. The molecule has 0 saturated carbocycles. The van der Waals surface area contributed by atoms with E-state index in [0.717, 1.165) is 52.8 Å². The number of esters is 1. The average molecular weight is 520 g/mol. The van der Waals surface area contributed by atoms with Gasteiger partial charge in [0.15, 0.2) is 0 Å². The van der Waals surface area contributed by atoms with Crippen molar-refractivity contribution in [1.29, 1.82) is 0 Å². The highest BCUT2D eigenvalue weighted by Gasteiger charge is 2.17. The Balaban J connectivity index is 1.40. The SMILES string of the molecule is CCCCc1ccc(C(=O)OCc2ccccc2)c(=O)n1Cc1ccc(-c2ccccc2-c2nn[nH]n2)cc1. The zero-order valence-corrected chi connectivity index (χ0v) is 21.7. The Morgan fingerprint density at radius 3 is 2.33 bits per heavy atom. The van der Waals surface area contributed by atoms with Crippen molar-refractivity contribution in [1.82, 2.24) is 25.2 Å². The van der Waals surface area contributed by atoms with Crippen molar-refractivity contribution < 1.29 is 9.53 Å². The van der Waals surface area contributed by atoms with E-state index in [1.54, 1.807) is 10.6 Å². The Kier molecular flexibility index (Phi) is 8.02. The molecule has 8 nitrogen and oxygen atoms in total. The summed E-state index contributed by atoms with van der Waals surface area (Å²) >= 11 is 0. The Hall–Kier alpha value is -4.85. The second kappa shape index (κ2) is 12.1. The molecule has 196 valence electrons. The number of aryl methyl sites for hydroxylation is 1. The summed E-state index contributed by atoms with van der Waals surface area (Å²) in [4.78, 5) is 26.4. The van der Waals surface area contributed by atoms with Crippen LogP contribution in [0.4, 0.5) is 0 Å². The van der Waals surface area contributed by atoms with E-state index >= 15 is 0 Å². The van der Waals surface area contributed by atoms with Gasteiger partial charge in [-0.15, -0.1) is 10.2 Å². The number of rotatable bonds is 10. The number of pyridine rings is 1. The third-order valence-corrected chi connectivity index (χ3v) is 6.60. The Morgan fingerprint density at radius 1 is 0.872 bits per heavy atom. The molecule has 39 heavy (non-hydrogen) atoms. The standard InChI is InChI=1S/C31H29N5O3/c1-2-3-11-25-18-19-28(31(38)39-21-23-9-5-4-6-10-23)30(37)36(25)20-22-14-16-24(17-15-22)26-12-7-8-13-27(26)29-32-34-35-33-29/h4-10,12-19H,2-3,11,20-21H2,1H3,(H,32,33,34,35). The second-order valence-corrected chi connectivity index (χ2v) is 9.27. The van der Waals surface area contributed by atoms with Crippen molar-refractivity contribution in [3.8, 4) is 22.5 Å². The molecule has 0 amide bonds. The van der Waals surface area contributed by atoms with Crippen LogP contribution in [0.15, 0.2) is 95.8 Å². The Bertz CT molecular complexity index is 1590. The summed E-state index contributed by atoms with van der Waals surface area (Å²) in [6.45, 7) is 2.58. The van der Waals surface area contributed by atoms with Crippen LogP contribution >= 0.6 is 0 Å². The molecule has 0 unspecified atom stereocenters. The highest BCUT2D eigenvalue weighted by Crippen LogP contribution is 2.29. The quantitative estimate of drug-likeness (QED) is 0.246. The number of hydrogen-bond acceptors (Lipinski definition) is 6. The average Bonchev–Trinajstić information content (AvgIpc) is 3.52. The van der Waals surface area contributed by atoms with Gasteiger partial charge in [0.25, 0.3) is 5.56 Å². The van der Waals surface area contributed by atoms with Gasteiger partial charge in [-0.3, -0.25) is 4.79 Å². The van der Waals surface area contributed by atoms with Crippen molar-refractivity contribution in [2.45, 2.75) is 39.3 Å². The zero-order valence-electron chi connectivity index (χ0n) is 21.7. The maximum Gasteiger partial charge on any atom is 0.344 e. The fourth-order valence-corrected chi connectivity index (χ4v) is 4.50. The molecular formula is C31H29N5O3. The minimum Gasteiger partial charge on any atom is -0.457 e. The van der Waals surface area contributed by atoms with Gasteiger partial charge in [-0.1, -0.05) is 92.2 Å². The number of carbonyl (C=O) groups excluding carboxylic acids is 1. The van der Waals surface area contributed by atoms with Crippen LogP contribution in [-0.4, -0.2) is 31.2 Å². The molecular weight excluding hydrogens is 490 g/mol. The summed E-state index contributed by atoms with van der Waals surface area (Å²) in [5, 5.41) is 14.4. The van der Waals surface area contributed by atoms with E-state index in [4.69, 9.17) is 4.74 Å². The minimum absolute atomic E-state index is 0.0387. The third-order valence-electron chi connectivity index (χ3n) is 6.60. The summed E-state index contributed by atoms with van der Waals surface area (Å²) in [6.07, 6.45) is 2.70. The molecule has 1 N–H and O–H groups in total. The van der Waals surface area contributed by atoms with Gasteiger partial charge in [0, 0.05) is 11.3 Å². The van der Waals surface area contributed by atoms with Gasteiger partial charge >= 0.3 is 5.97 Å². The summed E-state index contributed by atoms with van der Waals surface area (Å²) < 4.78 is 7.15. The van der Waals surface area contributed by atoms with Crippen molar-refractivity contribution in [2.75, 3.05) is 0 Å². The molecule has 2 aromatic heterocycles. The second-order valence-electron chi connectivity index (χ2n) is 9.27. The molecule has 5 aromatic rings. The highest BCUT2D eigenvalue weighted by atomic mass is 16.5. The number of carbonyl (C=O) groups is 1. The number of nitrogens with zero attached hydrogens (tertiary/aromatic N) is 4. The molecule has 0 fully saturated rings. The van der Waals surface area contributed by atoms with E-state index in [-0.39, 0.29) is 17.7 Å². The molecule has 0 saturated heterocycles. The van der Waals surface area contributed by atoms with Crippen molar-refractivity contribution >= 4 is 5.97 Å². The Morgan fingerprint density at radius 2 is 1.62 bits per heavy atom. The molecule has 0 aliphatic rings. The lowest BCUT2D eigenvalue weighted by Gasteiger charge is -2.15. The number of aromatic amines is 1. The lowest BCUT2D eigenvalue weighted by Crippen LogP contribution is -2.30. The smallest absolute Gasteiger partial charge is 0.344 e. The monoisotopic (exact) mass is 519 g/mol. The van der Waals surface area contributed by atoms with Crippen LogP contribution in [0.25, 0.3) is 22.5 Å². The molecule has 5 rings (SSSR count). The first-order chi connectivity index (χ1) is 19.1. The molecule has 0 aliphatic heterocycles. The van der Waals surface area contributed by atoms with Gasteiger partial charge in [0.1, 0.15) is 12.2 Å². The lowest BCUT2D eigenvalue weighted by atomic mass is 9.98. The minimum atomic E-state index is -0.618. The van der Waals surface area contributed by atoms with E-state index in [1.165, 1.54) is 0 Å². The zero-order chi connectivity index (χ0) is 27.0. The Labute approximate surface area is 226 Å². The van der Waals surface area contributed by atoms with Crippen molar-refractivity contribution in [2.24, 2.45) is 0 Å². The van der Waals surface area contributed by atoms with Crippen LogP contribution in [0.5, 0.6) is 0 Å². The van der Waals surface area contributed by atoms with E-state index in [1.807, 2.05) is 84.9 Å². The van der Waals surface area contributed by atoms with E-state index in [0.29, 0.717) is 12.4 Å². The van der Waals surface area contributed by atoms with E-state index in [2.05, 4.69) is 27.5 Å². The number of hydrogen-bond donors (Lipinski definition) is 1. The van der Waals surface area contributed by atoms with E-state index < -0.39 is 5.97 Å². The van der Waals surface area contributed by atoms with Crippen molar-refractivity contribution in [3.05, 3.63) is 124 Å². The topological polar surface area (TPSA) is 103 Å². The van der Waals surface area contributed by atoms with Gasteiger partial charge < -0.3 is 9.30 Å². The predicted octanol–water partition coefficient (Wildman–Crippen LogP) is 5.44. The van der Waals surface area contributed by atoms with Crippen LogP contribution < -0.4 is 5.56 Å². The van der Waals surface area contributed by atoms with Crippen LogP contribution in [0.3, 0.4) is 0 Å². The van der Waals surface area contributed by atoms with Gasteiger partial charge in [-0.05, 0) is 52.4 Å². The maximum absolute atomic E-state index is 13.5. The van der Waals surface area contributed by atoms with Gasteiger partial charge in [0.2, 0.25) is 5.82 Å². The summed E-state index contributed by atoms with van der Waals surface area (Å²) in [6, 6.07) is 28.8. The first-order valence-electron chi connectivity index (χ1n) is 13.0. The van der Waals surface area contributed by atoms with Crippen LogP contribution in [-0.2, 0) is 24.3 Å². The molecule has 0 atom stereocenters. The summed E-state index contributed by atoms with van der Waals surface area (Å²) in [7, 11) is 0. The highest BCUT2D eigenvalue weighted by molar-refractivity contribution is 5.89. The molecule has 3 aromatic carbocycles. The first-order valence-corrected chi connectivity index (χ1v) is 13.0. The number of aromatic nitrogens is 5. The van der Waals surface area contributed by atoms with E-state index in [9.17, 15) is 9.59 Å². The number of ether oxygens (including phenoxy) is 1. The third kappa shape index (κ3) is 6.01. The molecule has 2 heterocycles. The molecule has 0 spiro atoms.